The van der Waals surface area contributed by atoms with Crippen LogP contribution in [0.5, 0.6) is 0 Å². The number of hydrogen-bond acceptors (Lipinski definition) is 4. The van der Waals surface area contributed by atoms with E-state index >= 15 is 0 Å². The van der Waals surface area contributed by atoms with Gasteiger partial charge in [0.1, 0.15) is 0 Å². The minimum absolute atomic E-state index is 0.00727. The van der Waals surface area contributed by atoms with E-state index in [9.17, 15) is 14.7 Å². The number of allylic oxidation sites excluding steroid dienone is 2. The molecular formula is C26H35N3O3. The van der Waals surface area contributed by atoms with Crippen molar-refractivity contribution in [1.29, 1.82) is 0 Å². The molecule has 4 heterocycles. The number of carbonyl (C=O) groups excluding carboxylic acids is 1. The maximum Gasteiger partial charge on any atom is 0.258 e. The topological polar surface area (TPSA) is 65.8 Å². The number of pyridine rings is 1. The van der Waals surface area contributed by atoms with Gasteiger partial charge in [0.15, 0.2) is 0 Å². The van der Waals surface area contributed by atoms with E-state index in [1.54, 1.807) is 0 Å². The van der Waals surface area contributed by atoms with Crippen LogP contribution in [0.1, 0.15) is 68.7 Å². The summed E-state index contributed by atoms with van der Waals surface area (Å²) in [5.41, 5.74) is 3.21. The van der Waals surface area contributed by atoms with Crippen LogP contribution < -0.4 is 5.56 Å². The van der Waals surface area contributed by atoms with E-state index in [1.807, 2.05) is 15.5 Å². The highest BCUT2D eigenvalue weighted by Gasteiger charge is 2.56. The van der Waals surface area contributed by atoms with Crippen molar-refractivity contribution in [3.63, 3.8) is 0 Å². The fourth-order valence-electron chi connectivity index (χ4n) is 6.85. The molecule has 2 aliphatic carbocycles. The molecule has 0 spiro atoms. The molecule has 1 amide bonds. The molecule has 0 radical (unpaired) electrons. The SMILES string of the molecule is O=C([C@@H]1[C@@H](CO)[C@@H]2Cn3c(ccc(C4=CCCC4)c3=O)[C@@H]2N1CC1CC1)N1CCCCC1. The molecule has 1 aromatic rings. The summed E-state index contributed by atoms with van der Waals surface area (Å²) in [6.07, 6.45) is 11.2. The molecule has 1 N–H and O–H groups in total. The molecular weight excluding hydrogens is 402 g/mol. The van der Waals surface area contributed by atoms with E-state index in [0.29, 0.717) is 12.5 Å². The quantitative estimate of drug-likeness (QED) is 0.769. The predicted molar refractivity (Wildman–Crippen MR) is 123 cm³/mol. The van der Waals surface area contributed by atoms with Crippen molar-refractivity contribution in [2.45, 2.75) is 70.0 Å². The van der Waals surface area contributed by atoms with Crippen molar-refractivity contribution in [2.24, 2.45) is 17.8 Å². The summed E-state index contributed by atoms with van der Waals surface area (Å²) in [5, 5.41) is 10.5. The van der Waals surface area contributed by atoms with E-state index in [-0.39, 0.29) is 42.0 Å². The van der Waals surface area contributed by atoms with Crippen LogP contribution in [0.2, 0.25) is 0 Å². The number of hydrogen-bond donors (Lipinski definition) is 1. The molecule has 1 aromatic heterocycles. The van der Waals surface area contributed by atoms with E-state index < -0.39 is 0 Å². The largest absolute Gasteiger partial charge is 0.396 e. The summed E-state index contributed by atoms with van der Waals surface area (Å²) in [4.78, 5) is 31.6. The first-order valence-electron chi connectivity index (χ1n) is 12.8. The third-order valence-corrected chi connectivity index (χ3v) is 8.66. The molecule has 0 unspecified atom stereocenters. The van der Waals surface area contributed by atoms with Crippen LogP contribution in [0.4, 0.5) is 0 Å². The third-order valence-electron chi connectivity index (χ3n) is 8.66. The molecule has 172 valence electrons. The van der Waals surface area contributed by atoms with Gasteiger partial charge in [0, 0.05) is 55.9 Å². The van der Waals surface area contributed by atoms with Crippen LogP contribution in [0.15, 0.2) is 23.0 Å². The summed E-state index contributed by atoms with van der Waals surface area (Å²) >= 11 is 0. The number of rotatable bonds is 5. The second-order valence-corrected chi connectivity index (χ2v) is 10.6. The summed E-state index contributed by atoms with van der Waals surface area (Å²) in [6, 6.07) is 3.97. The van der Waals surface area contributed by atoms with E-state index in [2.05, 4.69) is 17.0 Å². The lowest BCUT2D eigenvalue weighted by atomic mass is 9.88. The number of fused-ring (bicyclic) bond motifs is 3. The molecule has 3 fully saturated rings. The normalized spacial score (nSPS) is 32.2. The maximum absolute atomic E-state index is 13.7. The Labute approximate surface area is 189 Å². The van der Waals surface area contributed by atoms with Gasteiger partial charge >= 0.3 is 0 Å². The summed E-state index contributed by atoms with van der Waals surface area (Å²) in [7, 11) is 0. The van der Waals surface area contributed by atoms with E-state index in [0.717, 1.165) is 63.0 Å². The van der Waals surface area contributed by atoms with Crippen molar-refractivity contribution in [3.8, 4) is 0 Å². The van der Waals surface area contributed by atoms with Crippen molar-refractivity contribution in [1.82, 2.24) is 14.4 Å². The Morgan fingerprint density at radius 3 is 2.59 bits per heavy atom. The van der Waals surface area contributed by atoms with Crippen LogP contribution in [-0.4, -0.2) is 57.7 Å². The van der Waals surface area contributed by atoms with Gasteiger partial charge in [-0.25, -0.2) is 0 Å². The molecule has 0 aromatic carbocycles. The van der Waals surface area contributed by atoms with Gasteiger partial charge in [-0.3, -0.25) is 14.5 Å². The average molecular weight is 438 g/mol. The minimum atomic E-state index is -0.255. The van der Waals surface area contributed by atoms with Gasteiger partial charge in [0.25, 0.3) is 5.56 Å². The number of aromatic nitrogens is 1. The highest BCUT2D eigenvalue weighted by Crippen LogP contribution is 2.51. The van der Waals surface area contributed by atoms with Gasteiger partial charge in [0.05, 0.1) is 12.1 Å². The number of nitrogens with zero attached hydrogens (tertiary/aromatic N) is 3. The Hall–Kier alpha value is -1.92. The molecule has 6 rings (SSSR count). The molecule has 1 saturated carbocycles. The monoisotopic (exact) mass is 437 g/mol. The molecule has 2 saturated heterocycles. The zero-order valence-corrected chi connectivity index (χ0v) is 18.9. The van der Waals surface area contributed by atoms with Crippen molar-refractivity contribution >= 4 is 11.5 Å². The Bertz CT molecular complexity index is 989. The summed E-state index contributed by atoms with van der Waals surface area (Å²) in [6.45, 7) is 3.22. The van der Waals surface area contributed by atoms with Gasteiger partial charge < -0.3 is 14.6 Å². The number of aliphatic hydroxyl groups is 1. The van der Waals surface area contributed by atoms with E-state index in [4.69, 9.17) is 0 Å². The number of amides is 1. The molecule has 0 bridgehead atoms. The van der Waals surface area contributed by atoms with Gasteiger partial charge in [-0.2, -0.15) is 0 Å². The standard InChI is InChI=1S/C26H35N3O3/c30-16-21-20-15-28-22(11-10-19(25(28)31)18-6-2-3-7-18)23(20)29(14-17-8-9-17)24(21)26(32)27-12-4-1-5-13-27/h6,10-11,17,20-21,23-24,30H,1-5,7-9,12-16H2/t20-,21-,23+,24-/m0/s1. The average Bonchev–Trinajstić information content (AvgIpc) is 3.22. The first kappa shape index (κ1) is 20.7. The zero-order valence-electron chi connectivity index (χ0n) is 18.9. The highest BCUT2D eigenvalue weighted by molar-refractivity contribution is 5.83. The minimum Gasteiger partial charge on any atom is -0.396 e. The van der Waals surface area contributed by atoms with Crippen molar-refractivity contribution < 1.29 is 9.90 Å². The molecule has 32 heavy (non-hydrogen) atoms. The van der Waals surface area contributed by atoms with Gasteiger partial charge in [-0.05, 0) is 75.0 Å². The Morgan fingerprint density at radius 1 is 1.09 bits per heavy atom. The Kier molecular flexibility index (Phi) is 5.26. The second kappa shape index (κ2) is 8.14. The first-order chi connectivity index (χ1) is 15.7. The smallest absolute Gasteiger partial charge is 0.258 e. The Morgan fingerprint density at radius 2 is 1.91 bits per heavy atom. The van der Waals surface area contributed by atoms with Crippen LogP contribution in [0.3, 0.4) is 0 Å². The number of carbonyl (C=O) groups is 1. The fraction of sp³-hybridized carbons (Fsp3) is 0.692. The lowest BCUT2D eigenvalue weighted by molar-refractivity contribution is -0.139. The second-order valence-electron chi connectivity index (χ2n) is 10.6. The summed E-state index contributed by atoms with van der Waals surface area (Å²) in [5.74, 6) is 0.869. The summed E-state index contributed by atoms with van der Waals surface area (Å²) < 4.78 is 1.97. The van der Waals surface area contributed by atoms with Gasteiger partial charge in [0.2, 0.25) is 5.91 Å². The molecule has 6 heteroatoms. The van der Waals surface area contributed by atoms with Crippen molar-refractivity contribution in [3.05, 3.63) is 39.8 Å². The molecule has 3 aliphatic heterocycles. The fourth-order valence-corrected chi connectivity index (χ4v) is 6.85. The molecule has 6 nitrogen and oxygen atoms in total. The van der Waals surface area contributed by atoms with Crippen LogP contribution >= 0.6 is 0 Å². The van der Waals surface area contributed by atoms with Crippen LogP contribution in [-0.2, 0) is 11.3 Å². The van der Waals surface area contributed by atoms with E-state index in [1.165, 1.54) is 24.8 Å². The number of likely N-dealkylation sites (tertiary alicyclic amines) is 2. The van der Waals surface area contributed by atoms with Gasteiger partial charge in [-0.1, -0.05) is 6.08 Å². The molecule has 4 atom stereocenters. The highest BCUT2D eigenvalue weighted by atomic mass is 16.3. The van der Waals surface area contributed by atoms with Gasteiger partial charge in [-0.15, -0.1) is 0 Å². The lowest BCUT2D eigenvalue weighted by Crippen LogP contribution is -2.51. The van der Waals surface area contributed by atoms with Crippen LogP contribution in [0, 0.1) is 17.8 Å². The third kappa shape index (κ3) is 3.29. The van der Waals surface area contributed by atoms with Crippen LogP contribution in [0.25, 0.3) is 5.57 Å². The van der Waals surface area contributed by atoms with Crippen molar-refractivity contribution in [2.75, 3.05) is 26.2 Å². The first-order valence-corrected chi connectivity index (χ1v) is 12.8. The Balaban J connectivity index is 1.37. The number of aliphatic hydroxyl groups excluding tert-OH is 1. The molecule has 5 aliphatic rings. The lowest BCUT2D eigenvalue weighted by Gasteiger charge is -2.36. The predicted octanol–water partition coefficient (Wildman–Crippen LogP) is 2.80. The number of piperidine rings is 1. The zero-order chi connectivity index (χ0) is 21.8. The maximum atomic E-state index is 13.7.